The molecule has 0 radical (unpaired) electrons. The minimum Gasteiger partial charge on any atom is -0.375 e. The molecule has 2 aromatic heterocycles. The van der Waals surface area contributed by atoms with Crippen LogP contribution in [0.4, 0.5) is 0 Å². The fourth-order valence-corrected chi connectivity index (χ4v) is 4.57. The van der Waals surface area contributed by atoms with Gasteiger partial charge in [0.1, 0.15) is 10.0 Å². The topological polar surface area (TPSA) is 81.1 Å². The van der Waals surface area contributed by atoms with Crippen molar-refractivity contribution < 1.29 is 9.53 Å². The van der Waals surface area contributed by atoms with Gasteiger partial charge in [-0.15, -0.1) is 10.2 Å². The van der Waals surface area contributed by atoms with Gasteiger partial charge >= 0.3 is 0 Å². The highest BCUT2D eigenvalue weighted by Crippen LogP contribution is 2.28. The number of fused-ring (bicyclic) bond motifs is 3. The Balaban J connectivity index is 1.33. The molecule has 2 fully saturated rings. The molecule has 0 N–H and O–H groups in total. The fraction of sp³-hybridized carbons (Fsp3) is 0.421. The van der Waals surface area contributed by atoms with Gasteiger partial charge in [0.2, 0.25) is 0 Å². The summed E-state index contributed by atoms with van der Waals surface area (Å²) >= 11 is 1.56. The third kappa shape index (κ3) is 3.36. The molecular formula is C19H19N5O2S. The lowest BCUT2D eigenvalue weighted by molar-refractivity contribution is -0.120. The minimum atomic E-state index is 0.173. The van der Waals surface area contributed by atoms with Crippen molar-refractivity contribution in [3.8, 4) is 10.6 Å². The number of morpholine rings is 1. The molecule has 2 aliphatic rings. The molecule has 2 aliphatic heterocycles. The van der Waals surface area contributed by atoms with Crippen molar-refractivity contribution in [1.29, 1.82) is 0 Å². The second kappa shape index (κ2) is 6.70. The van der Waals surface area contributed by atoms with Gasteiger partial charge in [0, 0.05) is 23.5 Å². The number of ketones is 1. The number of aryl methyl sites for hydroxylation is 1. The first kappa shape index (κ1) is 16.9. The number of aromatic nitrogens is 4. The van der Waals surface area contributed by atoms with Crippen LogP contribution in [0.1, 0.15) is 17.1 Å². The summed E-state index contributed by atoms with van der Waals surface area (Å²) in [5.41, 5.74) is 2.52. The summed E-state index contributed by atoms with van der Waals surface area (Å²) in [7, 11) is 0. The Hall–Kier alpha value is -2.29. The zero-order chi connectivity index (χ0) is 18.4. The Bertz CT molecular complexity index is 1020. The first-order valence-corrected chi connectivity index (χ1v) is 9.90. The monoisotopic (exact) mass is 381 g/mol. The highest BCUT2D eigenvalue weighted by atomic mass is 32.1. The molecule has 2 atom stereocenters. The van der Waals surface area contributed by atoms with Gasteiger partial charge in [0.15, 0.2) is 5.78 Å². The summed E-state index contributed by atoms with van der Waals surface area (Å²) < 4.78 is 5.60. The number of likely N-dealkylation sites (tertiary alicyclic amines) is 1. The molecule has 0 aliphatic carbocycles. The summed E-state index contributed by atoms with van der Waals surface area (Å²) in [5.74, 6) is 0.173. The lowest BCUT2D eigenvalue weighted by Gasteiger charge is -2.25. The van der Waals surface area contributed by atoms with Gasteiger partial charge in [-0.3, -0.25) is 9.69 Å². The molecule has 27 heavy (non-hydrogen) atoms. The minimum absolute atomic E-state index is 0.173. The summed E-state index contributed by atoms with van der Waals surface area (Å²) in [6.07, 6.45) is 1.67. The maximum Gasteiger partial charge on any atom is 0.152 e. The first-order chi connectivity index (χ1) is 13.1. The van der Waals surface area contributed by atoms with E-state index in [9.17, 15) is 4.79 Å². The lowest BCUT2D eigenvalue weighted by atomic mass is 10.1. The Kier molecular flexibility index (Phi) is 4.18. The highest BCUT2D eigenvalue weighted by Gasteiger charge is 2.39. The van der Waals surface area contributed by atoms with E-state index in [-0.39, 0.29) is 5.78 Å². The SMILES string of the molecule is Cc1nnc(-c2ccc3nnc(CC(=O)CN4C[C@H]5C[C@@H]4CO5)cc3c2)s1. The molecule has 1 aromatic carbocycles. The van der Waals surface area contributed by atoms with Crippen LogP contribution in [-0.4, -0.2) is 62.9 Å². The van der Waals surface area contributed by atoms with Gasteiger partial charge in [-0.2, -0.15) is 10.2 Å². The quantitative estimate of drug-likeness (QED) is 0.669. The zero-order valence-electron chi connectivity index (χ0n) is 15.0. The van der Waals surface area contributed by atoms with Gasteiger partial charge in [0.25, 0.3) is 0 Å². The maximum absolute atomic E-state index is 12.5. The van der Waals surface area contributed by atoms with Crippen LogP contribution in [0.25, 0.3) is 21.5 Å². The average Bonchev–Trinajstić information content (AvgIpc) is 3.38. The van der Waals surface area contributed by atoms with E-state index in [0.717, 1.165) is 46.1 Å². The highest BCUT2D eigenvalue weighted by molar-refractivity contribution is 7.14. The third-order valence-corrected chi connectivity index (χ3v) is 6.07. The molecule has 4 heterocycles. The summed E-state index contributed by atoms with van der Waals surface area (Å²) in [4.78, 5) is 14.7. The van der Waals surface area contributed by atoms with Crippen LogP contribution < -0.4 is 0 Å². The van der Waals surface area contributed by atoms with Gasteiger partial charge < -0.3 is 4.74 Å². The number of rotatable bonds is 5. The number of hydrogen-bond acceptors (Lipinski definition) is 8. The molecule has 7 nitrogen and oxygen atoms in total. The van der Waals surface area contributed by atoms with Crippen LogP contribution in [0.5, 0.6) is 0 Å². The van der Waals surface area contributed by atoms with Crippen molar-refractivity contribution in [2.45, 2.75) is 31.9 Å². The number of Topliss-reactive ketones (excluding diaryl/α,β-unsaturated/α-hetero) is 1. The van der Waals surface area contributed by atoms with Crippen LogP contribution in [0.15, 0.2) is 24.3 Å². The van der Waals surface area contributed by atoms with Crippen molar-refractivity contribution in [2.75, 3.05) is 19.7 Å². The van der Waals surface area contributed by atoms with Crippen LogP contribution in [0.2, 0.25) is 0 Å². The molecule has 2 bridgehead atoms. The molecule has 0 unspecified atom stereocenters. The van der Waals surface area contributed by atoms with Crippen molar-refractivity contribution in [3.63, 3.8) is 0 Å². The fourth-order valence-electron chi connectivity index (χ4n) is 3.88. The first-order valence-electron chi connectivity index (χ1n) is 9.08. The Morgan fingerprint density at radius 1 is 1.26 bits per heavy atom. The molecule has 0 spiro atoms. The standard InChI is InChI=1S/C19H19N5O2S/c1-11-20-23-19(27-11)12-2-3-18-13(4-12)5-14(21-22-18)6-16(25)8-24-9-17-7-15(24)10-26-17/h2-5,15,17H,6-10H2,1H3/t15-,17-/m1/s1. The van der Waals surface area contributed by atoms with Crippen LogP contribution in [0.3, 0.4) is 0 Å². The van der Waals surface area contributed by atoms with Crippen molar-refractivity contribution in [1.82, 2.24) is 25.3 Å². The normalized spacial score (nSPS) is 22.0. The smallest absolute Gasteiger partial charge is 0.152 e. The number of ether oxygens (including phenoxy) is 1. The molecule has 3 aromatic rings. The van der Waals surface area contributed by atoms with Gasteiger partial charge in [-0.05, 0) is 37.6 Å². The number of hydrogen-bond donors (Lipinski definition) is 0. The van der Waals surface area contributed by atoms with E-state index in [1.165, 1.54) is 0 Å². The summed E-state index contributed by atoms with van der Waals surface area (Å²) in [6, 6.07) is 8.30. The Morgan fingerprint density at radius 3 is 2.93 bits per heavy atom. The lowest BCUT2D eigenvalue weighted by Crippen LogP contribution is -2.40. The number of carbonyl (C=O) groups is 1. The van der Waals surface area contributed by atoms with E-state index in [2.05, 4.69) is 25.3 Å². The van der Waals surface area contributed by atoms with Crippen LogP contribution >= 0.6 is 11.3 Å². The van der Waals surface area contributed by atoms with E-state index in [0.29, 0.717) is 30.8 Å². The van der Waals surface area contributed by atoms with E-state index in [1.54, 1.807) is 11.3 Å². The molecular weight excluding hydrogens is 362 g/mol. The van der Waals surface area contributed by atoms with Crippen molar-refractivity contribution >= 4 is 28.0 Å². The molecule has 0 saturated carbocycles. The Labute approximate surface area is 160 Å². The third-order valence-electron chi connectivity index (χ3n) is 5.18. The molecule has 138 valence electrons. The summed E-state index contributed by atoms with van der Waals surface area (Å²) in [6.45, 7) is 4.02. The largest absolute Gasteiger partial charge is 0.375 e. The van der Waals surface area contributed by atoms with Crippen molar-refractivity contribution in [3.05, 3.63) is 35.0 Å². The van der Waals surface area contributed by atoms with Gasteiger partial charge in [0.05, 0.1) is 36.9 Å². The van der Waals surface area contributed by atoms with Crippen LogP contribution in [-0.2, 0) is 16.0 Å². The average molecular weight is 381 g/mol. The second-order valence-electron chi connectivity index (χ2n) is 7.23. The molecule has 0 amide bonds. The molecule has 5 rings (SSSR count). The van der Waals surface area contributed by atoms with Gasteiger partial charge in [-0.1, -0.05) is 11.3 Å². The van der Waals surface area contributed by atoms with E-state index in [1.807, 2.05) is 31.2 Å². The molecule has 8 heteroatoms. The van der Waals surface area contributed by atoms with E-state index >= 15 is 0 Å². The molecule has 2 saturated heterocycles. The zero-order valence-corrected chi connectivity index (χ0v) is 15.8. The summed E-state index contributed by atoms with van der Waals surface area (Å²) in [5, 5.41) is 19.6. The Morgan fingerprint density at radius 2 is 2.19 bits per heavy atom. The maximum atomic E-state index is 12.5. The van der Waals surface area contributed by atoms with Gasteiger partial charge in [-0.25, -0.2) is 0 Å². The van der Waals surface area contributed by atoms with E-state index in [4.69, 9.17) is 4.74 Å². The number of carbonyl (C=O) groups excluding carboxylic acids is 1. The van der Waals surface area contributed by atoms with Crippen LogP contribution in [0, 0.1) is 6.92 Å². The second-order valence-corrected chi connectivity index (χ2v) is 8.41. The number of nitrogens with zero attached hydrogens (tertiary/aromatic N) is 5. The predicted molar refractivity (Wildman–Crippen MR) is 102 cm³/mol. The predicted octanol–water partition coefficient (Wildman–Crippen LogP) is 2.04. The van der Waals surface area contributed by atoms with E-state index < -0.39 is 0 Å². The van der Waals surface area contributed by atoms with Crippen molar-refractivity contribution in [2.24, 2.45) is 0 Å². The number of benzene rings is 1.